The summed E-state index contributed by atoms with van der Waals surface area (Å²) in [6.07, 6.45) is 6.78. The van der Waals surface area contributed by atoms with E-state index in [1.54, 1.807) is 0 Å². The monoisotopic (exact) mass is 369 g/mol. The van der Waals surface area contributed by atoms with E-state index in [9.17, 15) is 9.59 Å². The van der Waals surface area contributed by atoms with Crippen LogP contribution in [0, 0.1) is 11.3 Å². The van der Waals surface area contributed by atoms with Crippen molar-refractivity contribution >= 4 is 11.8 Å². The minimum atomic E-state index is -0.472. The Bertz CT molecular complexity index is 678. The molecule has 1 spiro atoms. The van der Waals surface area contributed by atoms with Crippen LogP contribution in [0.3, 0.4) is 0 Å². The molecule has 2 saturated heterocycles. The lowest BCUT2D eigenvalue weighted by Crippen LogP contribution is -2.55. The predicted octanol–water partition coefficient (Wildman–Crippen LogP) is 2.20. The van der Waals surface area contributed by atoms with Crippen molar-refractivity contribution in [2.45, 2.75) is 51.0 Å². The molecule has 27 heavy (non-hydrogen) atoms. The first-order chi connectivity index (χ1) is 13.0. The van der Waals surface area contributed by atoms with E-state index >= 15 is 0 Å². The van der Waals surface area contributed by atoms with Gasteiger partial charge in [-0.2, -0.15) is 0 Å². The predicted molar refractivity (Wildman–Crippen MR) is 105 cm³/mol. The van der Waals surface area contributed by atoms with Crippen LogP contribution in [0.25, 0.3) is 0 Å². The van der Waals surface area contributed by atoms with Crippen LogP contribution in [0.1, 0.15) is 44.1 Å². The Kier molecular flexibility index (Phi) is 5.22. The molecule has 2 N–H and O–H groups in total. The van der Waals surface area contributed by atoms with Gasteiger partial charge in [0.1, 0.15) is 0 Å². The van der Waals surface area contributed by atoms with Gasteiger partial charge < -0.3 is 15.5 Å². The summed E-state index contributed by atoms with van der Waals surface area (Å²) in [7, 11) is 0. The summed E-state index contributed by atoms with van der Waals surface area (Å²) in [6, 6.07) is 9.50. The normalized spacial score (nSPS) is 23.5. The summed E-state index contributed by atoms with van der Waals surface area (Å²) >= 11 is 0. The molecule has 1 aromatic carbocycles. The van der Waals surface area contributed by atoms with Crippen LogP contribution in [0.15, 0.2) is 30.3 Å². The smallest absolute Gasteiger partial charge is 0.239 e. The minimum Gasteiger partial charge on any atom is -0.342 e. The number of nitrogens with zero attached hydrogens (tertiary/aromatic N) is 2. The Labute approximate surface area is 161 Å². The number of nitrogens with two attached hydrogens (primary N) is 1. The molecule has 0 unspecified atom stereocenters. The maximum absolute atomic E-state index is 12.8. The van der Waals surface area contributed by atoms with Crippen molar-refractivity contribution in [2.24, 2.45) is 17.1 Å². The standard InChI is InChI=1S/C22H31N3O2/c23-19(14-17-4-2-1-3-5-17)21(27)24-12-10-22(11-13-24)9-8-20(26)25(16-22)15-18-6-7-18/h1-5,18-19H,6-16,23H2/t19-/m1/s1. The molecule has 2 amide bonds. The van der Waals surface area contributed by atoms with Crippen molar-refractivity contribution in [1.82, 2.24) is 9.80 Å². The first-order valence-electron chi connectivity index (χ1n) is 10.4. The molecule has 1 aliphatic carbocycles. The van der Waals surface area contributed by atoms with E-state index in [0.29, 0.717) is 18.7 Å². The van der Waals surface area contributed by atoms with Gasteiger partial charge in [-0.15, -0.1) is 0 Å². The molecule has 2 heterocycles. The number of benzene rings is 1. The van der Waals surface area contributed by atoms with E-state index < -0.39 is 6.04 Å². The number of hydrogen-bond donors (Lipinski definition) is 1. The molecule has 3 fully saturated rings. The van der Waals surface area contributed by atoms with Crippen molar-refractivity contribution in [3.8, 4) is 0 Å². The maximum Gasteiger partial charge on any atom is 0.239 e. The molecule has 3 aliphatic rings. The molecule has 5 nitrogen and oxygen atoms in total. The van der Waals surface area contributed by atoms with Crippen molar-refractivity contribution in [3.05, 3.63) is 35.9 Å². The van der Waals surface area contributed by atoms with Gasteiger partial charge in [-0.3, -0.25) is 9.59 Å². The third-order valence-corrected chi connectivity index (χ3v) is 6.68. The zero-order valence-electron chi connectivity index (χ0n) is 16.1. The van der Waals surface area contributed by atoms with Gasteiger partial charge in [-0.1, -0.05) is 30.3 Å². The van der Waals surface area contributed by atoms with Crippen LogP contribution < -0.4 is 5.73 Å². The van der Waals surface area contributed by atoms with Gasteiger partial charge in [-0.05, 0) is 55.4 Å². The molecule has 2 aliphatic heterocycles. The highest BCUT2D eigenvalue weighted by Gasteiger charge is 2.43. The zero-order chi connectivity index (χ0) is 18.9. The molecular formula is C22H31N3O2. The molecule has 146 valence electrons. The summed E-state index contributed by atoms with van der Waals surface area (Å²) in [5.41, 5.74) is 7.52. The van der Waals surface area contributed by atoms with Crippen LogP contribution in [0.5, 0.6) is 0 Å². The van der Waals surface area contributed by atoms with Crippen molar-refractivity contribution < 1.29 is 9.59 Å². The fraction of sp³-hybridized carbons (Fsp3) is 0.636. The number of piperidine rings is 2. The molecule has 1 aromatic rings. The van der Waals surface area contributed by atoms with E-state index in [1.807, 2.05) is 35.2 Å². The quantitative estimate of drug-likeness (QED) is 0.865. The second-order valence-electron chi connectivity index (χ2n) is 8.84. The van der Waals surface area contributed by atoms with Crippen molar-refractivity contribution in [3.63, 3.8) is 0 Å². The fourth-order valence-electron chi connectivity index (χ4n) is 4.68. The second kappa shape index (κ2) is 7.63. The molecule has 0 aromatic heterocycles. The third kappa shape index (κ3) is 4.34. The molecule has 5 heteroatoms. The summed E-state index contributed by atoms with van der Waals surface area (Å²) in [6.45, 7) is 3.38. The summed E-state index contributed by atoms with van der Waals surface area (Å²) in [4.78, 5) is 29.1. The highest BCUT2D eigenvalue weighted by molar-refractivity contribution is 5.82. The van der Waals surface area contributed by atoms with Crippen LogP contribution >= 0.6 is 0 Å². The van der Waals surface area contributed by atoms with Crippen molar-refractivity contribution in [2.75, 3.05) is 26.2 Å². The SMILES string of the molecule is N[C@H](Cc1ccccc1)C(=O)N1CCC2(CCC(=O)N(CC3CC3)C2)CC1. The van der Waals surface area contributed by atoms with Crippen LogP contribution in [-0.4, -0.2) is 53.8 Å². The van der Waals surface area contributed by atoms with Gasteiger partial charge in [0.25, 0.3) is 0 Å². The largest absolute Gasteiger partial charge is 0.342 e. The van der Waals surface area contributed by atoms with Gasteiger partial charge in [-0.25, -0.2) is 0 Å². The van der Waals surface area contributed by atoms with Crippen LogP contribution in [0.4, 0.5) is 0 Å². The summed E-state index contributed by atoms with van der Waals surface area (Å²) in [5, 5.41) is 0. The number of carbonyl (C=O) groups excluding carboxylic acids is 2. The van der Waals surface area contributed by atoms with Gasteiger partial charge in [0.15, 0.2) is 0 Å². The van der Waals surface area contributed by atoms with Gasteiger partial charge in [0.05, 0.1) is 6.04 Å². The highest BCUT2D eigenvalue weighted by Crippen LogP contribution is 2.41. The Hall–Kier alpha value is -1.88. The van der Waals surface area contributed by atoms with Crippen molar-refractivity contribution in [1.29, 1.82) is 0 Å². The maximum atomic E-state index is 12.8. The van der Waals surface area contributed by atoms with E-state index in [4.69, 9.17) is 5.73 Å². The summed E-state index contributed by atoms with van der Waals surface area (Å²) < 4.78 is 0. The topological polar surface area (TPSA) is 66.6 Å². The Morgan fingerprint density at radius 1 is 1.15 bits per heavy atom. The first kappa shape index (κ1) is 18.5. The summed E-state index contributed by atoms with van der Waals surface area (Å²) in [5.74, 6) is 1.13. The first-order valence-corrected chi connectivity index (χ1v) is 10.4. The number of carbonyl (C=O) groups is 2. The lowest BCUT2D eigenvalue weighted by Gasteiger charge is -2.47. The van der Waals surface area contributed by atoms with E-state index in [1.165, 1.54) is 12.8 Å². The Morgan fingerprint density at radius 3 is 2.52 bits per heavy atom. The number of likely N-dealkylation sites (tertiary alicyclic amines) is 2. The van der Waals surface area contributed by atoms with Gasteiger partial charge in [0.2, 0.25) is 11.8 Å². The molecule has 4 rings (SSSR count). The lowest BCUT2D eigenvalue weighted by atomic mass is 9.72. The number of amides is 2. The van der Waals surface area contributed by atoms with Gasteiger partial charge >= 0.3 is 0 Å². The zero-order valence-corrected chi connectivity index (χ0v) is 16.1. The molecule has 0 radical (unpaired) electrons. The number of hydrogen-bond acceptors (Lipinski definition) is 3. The lowest BCUT2D eigenvalue weighted by molar-refractivity contribution is -0.143. The van der Waals surface area contributed by atoms with E-state index in [0.717, 1.165) is 56.9 Å². The van der Waals surface area contributed by atoms with Crippen LogP contribution in [0.2, 0.25) is 0 Å². The van der Waals surface area contributed by atoms with E-state index in [-0.39, 0.29) is 11.3 Å². The average molecular weight is 370 g/mol. The Balaban J connectivity index is 1.31. The fourth-order valence-corrected chi connectivity index (χ4v) is 4.68. The van der Waals surface area contributed by atoms with Crippen LogP contribution in [-0.2, 0) is 16.0 Å². The molecule has 0 bridgehead atoms. The molecule has 1 saturated carbocycles. The third-order valence-electron chi connectivity index (χ3n) is 6.68. The molecular weight excluding hydrogens is 338 g/mol. The number of rotatable bonds is 5. The van der Waals surface area contributed by atoms with Gasteiger partial charge in [0, 0.05) is 32.6 Å². The Morgan fingerprint density at radius 2 is 1.85 bits per heavy atom. The molecule has 1 atom stereocenters. The van der Waals surface area contributed by atoms with E-state index in [2.05, 4.69) is 4.90 Å². The highest BCUT2D eigenvalue weighted by atomic mass is 16.2. The minimum absolute atomic E-state index is 0.0652. The average Bonchev–Trinajstić information content (AvgIpc) is 3.50. The second-order valence-corrected chi connectivity index (χ2v) is 8.84.